The maximum atomic E-state index is 10.7. The molecule has 1 saturated heterocycles. The molecule has 1 atom stereocenters. The number of amides is 1. The standard InChI is InChI=1S/C7H14N3O/c8-3-5-10-4-1-2-6(10)7(9)11/h6,9H,1-5,8H2. The predicted molar refractivity (Wildman–Crippen MR) is 41.8 cm³/mol. The molecule has 1 unspecified atom stereocenters. The molecule has 1 aliphatic rings. The van der Waals surface area contributed by atoms with Crippen LogP contribution in [0.4, 0.5) is 0 Å². The summed E-state index contributed by atoms with van der Waals surface area (Å²) in [6.07, 6.45) is 1.86. The van der Waals surface area contributed by atoms with Crippen molar-refractivity contribution in [3.8, 4) is 0 Å². The van der Waals surface area contributed by atoms with Crippen LogP contribution in [0.5, 0.6) is 0 Å². The van der Waals surface area contributed by atoms with Crippen molar-refractivity contribution in [3.05, 3.63) is 0 Å². The van der Waals surface area contributed by atoms with Gasteiger partial charge in [-0.2, -0.15) is 0 Å². The van der Waals surface area contributed by atoms with E-state index in [2.05, 4.69) is 0 Å². The van der Waals surface area contributed by atoms with E-state index in [9.17, 15) is 4.79 Å². The molecule has 0 spiro atoms. The minimum atomic E-state index is -0.462. The van der Waals surface area contributed by atoms with E-state index in [-0.39, 0.29) is 6.04 Å². The van der Waals surface area contributed by atoms with Gasteiger partial charge in [-0.3, -0.25) is 15.4 Å². The number of carbonyl (C=O) groups excluding carboxylic acids is 1. The predicted octanol–water partition coefficient (Wildman–Crippen LogP) is -0.781. The lowest BCUT2D eigenvalue weighted by atomic mass is 10.2. The molecule has 4 heteroatoms. The first-order valence-corrected chi connectivity index (χ1v) is 3.95. The number of carbonyl (C=O) groups is 1. The molecule has 1 heterocycles. The number of hydrogen-bond acceptors (Lipinski definition) is 3. The molecular formula is C7H14N3O. The Balaban J connectivity index is 2.44. The highest BCUT2D eigenvalue weighted by Gasteiger charge is 2.28. The van der Waals surface area contributed by atoms with E-state index >= 15 is 0 Å². The Labute approximate surface area is 66.5 Å². The van der Waals surface area contributed by atoms with E-state index in [1.165, 1.54) is 0 Å². The zero-order valence-electron chi connectivity index (χ0n) is 6.55. The van der Waals surface area contributed by atoms with E-state index in [1.807, 2.05) is 4.90 Å². The summed E-state index contributed by atoms with van der Waals surface area (Å²) in [4.78, 5) is 12.7. The fourth-order valence-corrected chi connectivity index (χ4v) is 1.56. The summed E-state index contributed by atoms with van der Waals surface area (Å²) in [7, 11) is 0. The molecule has 0 bridgehead atoms. The van der Waals surface area contributed by atoms with Gasteiger partial charge in [-0.05, 0) is 19.4 Å². The third-order valence-electron chi connectivity index (χ3n) is 2.08. The van der Waals surface area contributed by atoms with Gasteiger partial charge in [-0.25, -0.2) is 0 Å². The molecule has 1 radical (unpaired) electrons. The first-order valence-electron chi connectivity index (χ1n) is 3.95. The van der Waals surface area contributed by atoms with Crippen LogP contribution < -0.4 is 11.5 Å². The lowest BCUT2D eigenvalue weighted by molar-refractivity contribution is -0.122. The Morgan fingerprint density at radius 1 is 1.73 bits per heavy atom. The second kappa shape index (κ2) is 3.69. The highest BCUT2D eigenvalue weighted by molar-refractivity contribution is 5.79. The number of rotatable bonds is 3. The monoisotopic (exact) mass is 156 g/mol. The summed E-state index contributed by atoms with van der Waals surface area (Å²) in [6.45, 7) is 2.24. The number of nitrogens with two attached hydrogens (primary N) is 1. The van der Waals surface area contributed by atoms with Crippen molar-refractivity contribution in [2.45, 2.75) is 18.9 Å². The summed E-state index contributed by atoms with van der Waals surface area (Å²) >= 11 is 0. The van der Waals surface area contributed by atoms with Crippen molar-refractivity contribution in [1.29, 1.82) is 0 Å². The van der Waals surface area contributed by atoms with Crippen molar-refractivity contribution in [2.75, 3.05) is 19.6 Å². The highest BCUT2D eigenvalue weighted by atomic mass is 16.1. The van der Waals surface area contributed by atoms with E-state index < -0.39 is 5.91 Å². The van der Waals surface area contributed by atoms with Gasteiger partial charge in [0.1, 0.15) is 0 Å². The Bertz CT molecular complexity index is 149. The van der Waals surface area contributed by atoms with Crippen LogP contribution >= 0.6 is 0 Å². The normalized spacial score (nSPS) is 25.7. The average Bonchev–Trinajstić information content (AvgIpc) is 2.36. The van der Waals surface area contributed by atoms with Crippen LogP contribution in [0.1, 0.15) is 12.8 Å². The van der Waals surface area contributed by atoms with Crippen LogP contribution in [0.3, 0.4) is 0 Å². The Morgan fingerprint density at radius 3 is 3.00 bits per heavy atom. The molecular weight excluding hydrogens is 142 g/mol. The van der Waals surface area contributed by atoms with Gasteiger partial charge in [0.25, 0.3) is 5.91 Å². The molecule has 1 amide bonds. The van der Waals surface area contributed by atoms with E-state index in [1.54, 1.807) is 0 Å². The van der Waals surface area contributed by atoms with Gasteiger partial charge in [0, 0.05) is 13.1 Å². The topological polar surface area (TPSA) is 70.1 Å². The molecule has 0 saturated carbocycles. The van der Waals surface area contributed by atoms with Gasteiger partial charge < -0.3 is 5.73 Å². The molecule has 4 nitrogen and oxygen atoms in total. The first-order chi connectivity index (χ1) is 5.25. The quantitative estimate of drug-likeness (QED) is 0.582. The third-order valence-corrected chi connectivity index (χ3v) is 2.08. The summed E-state index contributed by atoms with van der Waals surface area (Å²) in [5.41, 5.74) is 12.3. The largest absolute Gasteiger partial charge is 0.329 e. The van der Waals surface area contributed by atoms with Crippen molar-refractivity contribution in [1.82, 2.24) is 10.6 Å². The van der Waals surface area contributed by atoms with E-state index in [0.29, 0.717) is 6.54 Å². The highest BCUT2D eigenvalue weighted by Crippen LogP contribution is 2.15. The zero-order chi connectivity index (χ0) is 8.27. The minimum Gasteiger partial charge on any atom is -0.329 e. The average molecular weight is 156 g/mol. The Kier molecular flexibility index (Phi) is 2.84. The number of nitrogens with one attached hydrogen (secondary N) is 1. The smallest absolute Gasteiger partial charge is 0.255 e. The van der Waals surface area contributed by atoms with Crippen LogP contribution in [0.2, 0.25) is 0 Å². The summed E-state index contributed by atoms with van der Waals surface area (Å²) < 4.78 is 0. The van der Waals surface area contributed by atoms with Crippen LogP contribution in [0.25, 0.3) is 0 Å². The number of likely N-dealkylation sites (tertiary alicyclic amines) is 1. The van der Waals surface area contributed by atoms with E-state index in [0.717, 1.165) is 25.9 Å². The molecule has 0 aliphatic carbocycles. The molecule has 11 heavy (non-hydrogen) atoms. The molecule has 0 aromatic heterocycles. The summed E-state index contributed by atoms with van der Waals surface area (Å²) in [5.74, 6) is -0.462. The zero-order valence-corrected chi connectivity index (χ0v) is 6.55. The molecule has 0 aromatic carbocycles. The van der Waals surface area contributed by atoms with Gasteiger partial charge in [0.05, 0.1) is 6.04 Å². The lowest BCUT2D eigenvalue weighted by Crippen LogP contribution is -2.39. The second-order valence-electron chi connectivity index (χ2n) is 2.85. The maximum absolute atomic E-state index is 10.7. The molecule has 63 valence electrons. The SMILES string of the molecule is [NH]C(=O)C1CCCN1CCN. The van der Waals surface area contributed by atoms with Gasteiger partial charge >= 0.3 is 0 Å². The second-order valence-corrected chi connectivity index (χ2v) is 2.85. The van der Waals surface area contributed by atoms with Crippen molar-refractivity contribution in [3.63, 3.8) is 0 Å². The first kappa shape index (κ1) is 8.49. The van der Waals surface area contributed by atoms with Crippen molar-refractivity contribution < 1.29 is 4.79 Å². The maximum Gasteiger partial charge on any atom is 0.255 e. The van der Waals surface area contributed by atoms with Crippen LogP contribution in [0, 0.1) is 0 Å². The van der Waals surface area contributed by atoms with Crippen LogP contribution in [-0.4, -0.2) is 36.5 Å². The van der Waals surface area contributed by atoms with Gasteiger partial charge in [0.15, 0.2) is 0 Å². The third kappa shape index (κ3) is 1.91. The van der Waals surface area contributed by atoms with Gasteiger partial charge in [-0.15, -0.1) is 0 Å². The summed E-state index contributed by atoms with van der Waals surface area (Å²) in [6, 6.07) is -0.168. The van der Waals surface area contributed by atoms with Crippen LogP contribution in [-0.2, 0) is 4.79 Å². The molecule has 1 fully saturated rings. The van der Waals surface area contributed by atoms with Crippen molar-refractivity contribution >= 4 is 5.91 Å². The van der Waals surface area contributed by atoms with Gasteiger partial charge in [0.2, 0.25) is 0 Å². The van der Waals surface area contributed by atoms with E-state index in [4.69, 9.17) is 11.5 Å². The fraction of sp³-hybridized carbons (Fsp3) is 0.857. The molecule has 0 aromatic rings. The molecule has 3 N–H and O–H groups in total. The Hall–Kier alpha value is -0.610. The molecule has 1 aliphatic heterocycles. The molecule has 1 rings (SSSR count). The summed E-state index contributed by atoms with van der Waals surface area (Å²) in [5, 5.41) is 0. The fourth-order valence-electron chi connectivity index (χ4n) is 1.56. The van der Waals surface area contributed by atoms with Gasteiger partial charge in [-0.1, -0.05) is 0 Å². The lowest BCUT2D eigenvalue weighted by Gasteiger charge is -2.19. The van der Waals surface area contributed by atoms with Crippen molar-refractivity contribution in [2.24, 2.45) is 5.73 Å². The van der Waals surface area contributed by atoms with Crippen LogP contribution in [0.15, 0.2) is 0 Å². The minimum absolute atomic E-state index is 0.168. The number of hydrogen-bond donors (Lipinski definition) is 1. The Morgan fingerprint density at radius 2 is 2.45 bits per heavy atom. The number of nitrogens with zero attached hydrogens (tertiary/aromatic N) is 1.